The molecule has 0 spiro atoms. The Labute approximate surface area is 210 Å². The number of benzene rings is 1. The molecule has 0 saturated carbocycles. The third-order valence-electron chi connectivity index (χ3n) is 4.95. The minimum absolute atomic E-state index is 0. The van der Waals surface area contributed by atoms with Gasteiger partial charge in [-0.05, 0) is 38.1 Å². The molecular formula is C21H30ClIN6OS. The maximum atomic E-state index is 12.7. The number of carbonyl (C=O) groups excluding carboxylic acids is 1. The van der Waals surface area contributed by atoms with Gasteiger partial charge >= 0.3 is 0 Å². The van der Waals surface area contributed by atoms with Crippen molar-refractivity contribution in [1.82, 2.24) is 20.1 Å². The molecule has 1 amide bonds. The molecule has 0 bridgehead atoms. The van der Waals surface area contributed by atoms with Gasteiger partial charge in [0.05, 0.1) is 17.2 Å². The summed E-state index contributed by atoms with van der Waals surface area (Å²) in [7, 11) is 1.96. The van der Waals surface area contributed by atoms with Gasteiger partial charge < -0.3 is 20.0 Å². The second-order valence-corrected chi connectivity index (χ2v) is 8.73. The number of aromatic nitrogens is 1. The number of hydrogen-bond donors (Lipinski definition) is 1. The fourth-order valence-electron chi connectivity index (χ4n) is 3.38. The Morgan fingerprint density at radius 1 is 1.26 bits per heavy atom. The van der Waals surface area contributed by atoms with E-state index in [0.717, 1.165) is 47.0 Å². The normalized spacial score (nSPS) is 14.3. The number of piperazine rings is 1. The van der Waals surface area contributed by atoms with Crippen molar-refractivity contribution in [1.29, 1.82) is 0 Å². The SMILES string of the molecule is CCNC(=NCC(=O)N1CCN(c2ccc(Cl)cc2)CC1)N(C)Cc1csc(C)n1.I. The van der Waals surface area contributed by atoms with Crippen LogP contribution in [0.25, 0.3) is 0 Å². The lowest BCUT2D eigenvalue weighted by Gasteiger charge is -2.36. The number of rotatable bonds is 6. The van der Waals surface area contributed by atoms with E-state index in [0.29, 0.717) is 19.6 Å². The number of amides is 1. The number of thiazole rings is 1. The van der Waals surface area contributed by atoms with Crippen molar-refractivity contribution < 1.29 is 4.79 Å². The quantitative estimate of drug-likeness (QED) is 0.324. The fraction of sp³-hybridized carbons (Fsp3) is 0.476. The van der Waals surface area contributed by atoms with Crippen LogP contribution in [0.15, 0.2) is 34.6 Å². The lowest BCUT2D eigenvalue weighted by Crippen LogP contribution is -2.49. The molecule has 1 N–H and O–H groups in total. The minimum atomic E-state index is 0. The predicted molar refractivity (Wildman–Crippen MR) is 140 cm³/mol. The Kier molecular flexibility index (Phi) is 10.3. The molecule has 1 aromatic carbocycles. The number of nitrogens with one attached hydrogen (secondary N) is 1. The van der Waals surface area contributed by atoms with E-state index < -0.39 is 0 Å². The molecule has 1 saturated heterocycles. The van der Waals surface area contributed by atoms with Gasteiger partial charge in [-0.1, -0.05) is 11.6 Å². The first-order chi connectivity index (χ1) is 14.5. The van der Waals surface area contributed by atoms with Crippen molar-refractivity contribution in [3.63, 3.8) is 0 Å². The van der Waals surface area contributed by atoms with E-state index >= 15 is 0 Å². The van der Waals surface area contributed by atoms with E-state index in [1.54, 1.807) is 11.3 Å². The zero-order valence-corrected chi connectivity index (χ0v) is 22.1. The Bertz CT molecular complexity index is 867. The summed E-state index contributed by atoms with van der Waals surface area (Å²) in [5.41, 5.74) is 2.15. The van der Waals surface area contributed by atoms with Crippen LogP contribution in [0.1, 0.15) is 17.6 Å². The number of nitrogens with zero attached hydrogens (tertiary/aromatic N) is 5. The van der Waals surface area contributed by atoms with Gasteiger partial charge in [0, 0.05) is 55.9 Å². The van der Waals surface area contributed by atoms with Crippen molar-refractivity contribution >= 4 is 64.5 Å². The Hall–Kier alpha value is -1.59. The van der Waals surface area contributed by atoms with E-state index in [4.69, 9.17) is 11.6 Å². The van der Waals surface area contributed by atoms with Crippen molar-refractivity contribution in [2.24, 2.45) is 4.99 Å². The van der Waals surface area contributed by atoms with Crippen LogP contribution in [-0.4, -0.2) is 73.0 Å². The molecule has 0 aliphatic carbocycles. The van der Waals surface area contributed by atoms with Crippen LogP contribution in [0.2, 0.25) is 5.02 Å². The van der Waals surface area contributed by atoms with Crippen LogP contribution in [-0.2, 0) is 11.3 Å². The Morgan fingerprint density at radius 3 is 2.52 bits per heavy atom. The second-order valence-electron chi connectivity index (χ2n) is 7.23. The topological polar surface area (TPSA) is 64.1 Å². The van der Waals surface area contributed by atoms with E-state index in [1.165, 1.54) is 0 Å². The summed E-state index contributed by atoms with van der Waals surface area (Å²) in [6.45, 7) is 8.57. The summed E-state index contributed by atoms with van der Waals surface area (Å²) in [5.74, 6) is 0.773. The standard InChI is InChI=1S/C21H29ClN6OS.HI/c1-4-23-21(26(3)14-18-15-30-16(2)25-18)24-13-20(29)28-11-9-27(10-12-28)19-7-5-17(22)6-8-19;/h5-8,15H,4,9-14H2,1-3H3,(H,23,24);1H. The average molecular weight is 577 g/mol. The number of carbonyl (C=O) groups is 1. The largest absolute Gasteiger partial charge is 0.368 e. The van der Waals surface area contributed by atoms with Crippen LogP contribution >= 0.6 is 46.9 Å². The molecular weight excluding hydrogens is 547 g/mol. The zero-order chi connectivity index (χ0) is 21.5. The van der Waals surface area contributed by atoms with Gasteiger partial charge in [0.25, 0.3) is 0 Å². The number of anilines is 1. The number of halogens is 2. The van der Waals surface area contributed by atoms with E-state index in [2.05, 4.69) is 25.6 Å². The number of aliphatic imine (C=N–C) groups is 1. The van der Waals surface area contributed by atoms with Crippen LogP contribution in [0.3, 0.4) is 0 Å². The zero-order valence-electron chi connectivity index (χ0n) is 18.2. The molecule has 1 aliphatic heterocycles. The van der Waals surface area contributed by atoms with Gasteiger partial charge in [-0.3, -0.25) is 4.79 Å². The summed E-state index contributed by atoms with van der Waals surface area (Å²) in [6.07, 6.45) is 0. The Balaban J connectivity index is 0.00000341. The third kappa shape index (κ3) is 7.50. The fourth-order valence-corrected chi connectivity index (χ4v) is 4.11. The van der Waals surface area contributed by atoms with Crippen molar-refractivity contribution in [3.8, 4) is 0 Å². The third-order valence-corrected chi connectivity index (χ3v) is 6.02. The van der Waals surface area contributed by atoms with E-state index in [1.807, 2.05) is 55.0 Å². The van der Waals surface area contributed by atoms with Crippen LogP contribution < -0.4 is 10.2 Å². The lowest BCUT2D eigenvalue weighted by molar-refractivity contribution is -0.129. The number of hydrogen-bond acceptors (Lipinski definition) is 5. The molecule has 0 radical (unpaired) electrons. The summed E-state index contributed by atoms with van der Waals surface area (Å²) >= 11 is 7.61. The summed E-state index contributed by atoms with van der Waals surface area (Å²) < 4.78 is 0. The van der Waals surface area contributed by atoms with E-state index in [-0.39, 0.29) is 36.4 Å². The van der Waals surface area contributed by atoms with Gasteiger partial charge in [-0.2, -0.15) is 0 Å². The molecule has 0 unspecified atom stereocenters. The number of aryl methyl sites for hydroxylation is 1. The molecule has 1 aromatic heterocycles. The van der Waals surface area contributed by atoms with Crippen LogP contribution in [0.5, 0.6) is 0 Å². The minimum Gasteiger partial charge on any atom is -0.368 e. The molecule has 1 aliphatic rings. The van der Waals surface area contributed by atoms with Gasteiger partial charge in [-0.15, -0.1) is 35.3 Å². The molecule has 7 nitrogen and oxygen atoms in total. The highest BCUT2D eigenvalue weighted by Gasteiger charge is 2.21. The highest BCUT2D eigenvalue weighted by Crippen LogP contribution is 2.19. The first-order valence-electron chi connectivity index (χ1n) is 10.1. The maximum Gasteiger partial charge on any atom is 0.244 e. The van der Waals surface area contributed by atoms with Crippen LogP contribution in [0, 0.1) is 6.92 Å². The molecule has 3 rings (SSSR count). The monoisotopic (exact) mass is 576 g/mol. The first kappa shape index (κ1) is 25.7. The first-order valence-corrected chi connectivity index (χ1v) is 11.4. The van der Waals surface area contributed by atoms with Crippen molar-refractivity contribution in [2.75, 3.05) is 51.2 Å². The lowest BCUT2D eigenvalue weighted by atomic mass is 10.2. The van der Waals surface area contributed by atoms with Crippen molar-refractivity contribution in [3.05, 3.63) is 45.4 Å². The number of guanidine groups is 1. The molecule has 2 heterocycles. The van der Waals surface area contributed by atoms with E-state index in [9.17, 15) is 4.79 Å². The molecule has 1 fully saturated rings. The van der Waals surface area contributed by atoms with Gasteiger partial charge in [0.15, 0.2) is 5.96 Å². The summed E-state index contributed by atoms with van der Waals surface area (Å²) in [4.78, 5) is 27.9. The highest BCUT2D eigenvalue weighted by atomic mass is 127. The predicted octanol–water partition coefficient (Wildman–Crippen LogP) is 3.47. The summed E-state index contributed by atoms with van der Waals surface area (Å²) in [6, 6.07) is 7.84. The van der Waals surface area contributed by atoms with Crippen molar-refractivity contribution in [2.45, 2.75) is 20.4 Å². The molecule has 2 aromatic rings. The summed E-state index contributed by atoms with van der Waals surface area (Å²) in [5, 5.41) is 7.10. The van der Waals surface area contributed by atoms with Gasteiger partial charge in [0.2, 0.25) is 5.91 Å². The van der Waals surface area contributed by atoms with Gasteiger partial charge in [0.1, 0.15) is 6.54 Å². The molecule has 10 heteroatoms. The Morgan fingerprint density at radius 2 is 1.94 bits per heavy atom. The molecule has 31 heavy (non-hydrogen) atoms. The molecule has 170 valence electrons. The molecule has 0 atom stereocenters. The van der Waals surface area contributed by atoms with Crippen LogP contribution in [0.4, 0.5) is 5.69 Å². The highest BCUT2D eigenvalue weighted by molar-refractivity contribution is 14.0. The average Bonchev–Trinajstić information content (AvgIpc) is 3.16. The smallest absolute Gasteiger partial charge is 0.244 e. The maximum absolute atomic E-state index is 12.7. The second kappa shape index (κ2) is 12.4. The van der Waals surface area contributed by atoms with Gasteiger partial charge in [-0.25, -0.2) is 9.98 Å².